The Morgan fingerprint density at radius 1 is 1.25 bits per heavy atom. The van der Waals surface area contributed by atoms with E-state index in [2.05, 4.69) is 29.7 Å². The number of rotatable bonds is 4. The summed E-state index contributed by atoms with van der Waals surface area (Å²) in [6.07, 6.45) is 1.64. The van der Waals surface area contributed by atoms with Crippen molar-refractivity contribution in [2.24, 2.45) is 0 Å². The van der Waals surface area contributed by atoms with Crippen molar-refractivity contribution in [3.8, 4) is 0 Å². The van der Waals surface area contributed by atoms with Crippen LogP contribution in [0.4, 0.5) is 0 Å². The van der Waals surface area contributed by atoms with Crippen molar-refractivity contribution in [2.45, 2.75) is 12.5 Å². The van der Waals surface area contributed by atoms with Gasteiger partial charge in [-0.15, -0.1) is 11.3 Å². The maximum absolute atomic E-state index is 12.4. The minimum atomic E-state index is 0.0268. The number of hydrogen-bond acceptors (Lipinski definition) is 4. The zero-order valence-corrected chi connectivity index (χ0v) is 12.5. The summed E-state index contributed by atoms with van der Waals surface area (Å²) in [5.41, 5.74) is 1.22. The van der Waals surface area contributed by atoms with Crippen LogP contribution < -0.4 is 5.56 Å². The monoisotopic (exact) mass is 302 g/mol. The van der Waals surface area contributed by atoms with Gasteiger partial charge in [-0.25, -0.2) is 4.98 Å². The van der Waals surface area contributed by atoms with Gasteiger partial charge in [0.25, 0.3) is 5.56 Å². The molecule has 0 aliphatic rings. The molecule has 5 heteroatoms. The molecular weight excluding hydrogens is 288 g/mol. The molecule has 0 fully saturated rings. The largest absolute Gasteiger partial charge is 0.298 e. The molecule has 0 aliphatic carbocycles. The van der Waals surface area contributed by atoms with Gasteiger partial charge in [-0.05, 0) is 22.8 Å². The summed E-state index contributed by atoms with van der Waals surface area (Å²) >= 11 is 5.91. The number of hydrogen-bond donors (Lipinski definition) is 1. The second-order valence-electron chi connectivity index (χ2n) is 4.63. The molecule has 3 nitrogen and oxygen atoms in total. The maximum Gasteiger partial charge on any atom is 0.262 e. The van der Waals surface area contributed by atoms with E-state index in [1.54, 1.807) is 10.9 Å². The van der Waals surface area contributed by atoms with E-state index >= 15 is 0 Å². The number of thiol groups is 1. The van der Waals surface area contributed by atoms with E-state index in [9.17, 15) is 4.79 Å². The van der Waals surface area contributed by atoms with Crippen LogP contribution >= 0.6 is 24.0 Å². The second kappa shape index (κ2) is 5.81. The molecule has 0 amide bonds. The number of aromatic nitrogens is 2. The van der Waals surface area contributed by atoms with Crippen molar-refractivity contribution in [2.75, 3.05) is 5.75 Å². The first-order chi connectivity index (χ1) is 9.79. The van der Waals surface area contributed by atoms with E-state index in [0.29, 0.717) is 17.7 Å². The fourth-order valence-corrected chi connectivity index (χ4v) is 3.30. The molecule has 3 rings (SSSR count). The van der Waals surface area contributed by atoms with E-state index in [4.69, 9.17) is 0 Å². The summed E-state index contributed by atoms with van der Waals surface area (Å²) in [6, 6.07) is 12.0. The molecule has 0 radical (unpaired) electrons. The van der Waals surface area contributed by atoms with Gasteiger partial charge >= 0.3 is 0 Å². The fraction of sp³-hybridized carbons (Fsp3) is 0.200. The Labute approximate surface area is 126 Å². The van der Waals surface area contributed by atoms with Crippen molar-refractivity contribution in [1.29, 1.82) is 0 Å². The lowest BCUT2D eigenvalue weighted by Crippen LogP contribution is -2.24. The molecule has 0 saturated heterocycles. The smallest absolute Gasteiger partial charge is 0.262 e. The van der Waals surface area contributed by atoms with Crippen molar-refractivity contribution in [1.82, 2.24) is 9.55 Å². The van der Waals surface area contributed by atoms with Crippen molar-refractivity contribution >= 4 is 34.2 Å². The van der Waals surface area contributed by atoms with Gasteiger partial charge in [0.05, 0.1) is 11.7 Å². The third kappa shape index (κ3) is 2.51. The van der Waals surface area contributed by atoms with Crippen LogP contribution in [0.5, 0.6) is 0 Å². The number of nitrogens with zero attached hydrogens (tertiary/aromatic N) is 2. The predicted molar refractivity (Wildman–Crippen MR) is 86.9 cm³/mol. The molecule has 3 aromatic rings. The highest BCUT2D eigenvalue weighted by Gasteiger charge is 2.13. The van der Waals surface area contributed by atoms with Crippen LogP contribution in [0.3, 0.4) is 0 Å². The Hall–Kier alpha value is -1.59. The van der Waals surface area contributed by atoms with Crippen molar-refractivity contribution in [3.05, 3.63) is 64.0 Å². The Balaban J connectivity index is 1.95. The van der Waals surface area contributed by atoms with Gasteiger partial charge in [0.2, 0.25) is 0 Å². The fourth-order valence-electron chi connectivity index (χ4n) is 2.25. The minimum Gasteiger partial charge on any atom is -0.298 e. The van der Waals surface area contributed by atoms with Gasteiger partial charge in [0, 0.05) is 12.5 Å². The molecule has 2 heterocycles. The Kier molecular flexibility index (Phi) is 3.89. The zero-order chi connectivity index (χ0) is 13.9. The van der Waals surface area contributed by atoms with Crippen LogP contribution in [-0.4, -0.2) is 15.3 Å². The average Bonchev–Trinajstić information content (AvgIpc) is 2.97. The van der Waals surface area contributed by atoms with Gasteiger partial charge < -0.3 is 0 Å². The molecule has 1 unspecified atom stereocenters. The molecule has 0 aliphatic heterocycles. The summed E-state index contributed by atoms with van der Waals surface area (Å²) < 4.78 is 1.68. The first-order valence-corrected chi connectivity index (χ1v) is 7.89. The molecule has 1 atom stereocenters. The topological polar surface area (TPSA) is 34.9 Å². The highest BCUT2D eigenvalue weighted by Crippen LogP contribution is 2.19. The lowest BCUT2D eigenvalue weighted by Gasteiger charge is -2.16. The van der Waals surface area contributed by atoms with E-state index in [1.165, 1.54) is 16.9 Å². The molecule has 1 aromatic carbocycles. The molecular formula is C15H14N2OS2. The van der Waals surface area contributed by atoms with Crippen molar-refractivity contribution in [3.63, 3.8) is 0 Å². The maximum atomic E-state index is 12.4. The van der Waals surface area contributed by atoms with Gasteiger partial charge in [0.15, 0.2) is 0 Å². The highest BCUT2D eigenvalue weighted by molar-refractivity contribution is 7.80. The number of benzene rings is 1. The lowest BCUT2D eigenvalue weighted by molar-refractivity contribution is 0.583. The van der Waals surface area contributed by atoms with E-state index in [0.717, 1.165) is 4.83 Å². The van der Waals surface area contributed by atoms with Crippen LogP contribution in [0.2, 0.25) is 0 Å². The minimum absolute atomic E-state index is 0.0268. The van der Waals surface area contributed by atoms with E-state index < -0.39 is 0 Å². The first kappa shape index (κ1) is 13.4. The summed E-state index contributed by atoms with van der Waals surface area (Å²) in [6.45, 7) is 0.602. The third-order valence-corrected chi connectivity index (χ3v) is 4.62. The lowest BCUT2D eigenvalue weighted by atomic mass is 10.0. The molecule has 20 heavy (non-hydrogen) atoms. The molecule has 0 spiro atoms. The first-order valence-electron chi connectivity index (χ1n) is 6.38. The number of fused-ring (bicyclic) bond motifs is 1. The van der Waals surface area contributed by atoms with Crippen LogP contribution in [0.15, 0.2) is 52.9 Å². The van der Waals surface area contributed by atoms with Crippen molar-refractivity contribution < 1.29 is 0 Å². The van der Waals surface area contributed by atoms with Gasteiger partial charge in [-0.1, -0.05) is 30.3 Å². The van der Waals surface area contributed by atoms with Crippen LogP contribution in [0.1, 0.15) is 11.5 Å². The Morgan fingerprint density at radius 3 is 2.80 bits per heavy atom. The van der Waals surface area contributed by atoms with Gasteiger partial charge in [-0.2, -0.15) is 12.6 Å². The summed E-state index contributed by atoms with van der Waals surface area (Å²) in [4.78, 5) is 17.5. The average molecular weight is 302 g/mol. The third-order valence-electron chi connectivity index (χ3n) is 3.36. The van der Waals surface area contributed by atoms with Crippen LogP contribution in [-0.2, 0) is 6.54 Å². The molecule has 102 valence electrons. The Bertz CT molecular complexity index is 764. The van der Waals surface area contributed by atoms with E-state index in [-0.39, 0.29) is 11.5 Å². The van der Waals surface area contributed by atoms with Crippen LogP contribution in [0, 0.1) is 0 Å². The Morgan fingerprint density at radius 2 is 2.05 bits per heavy atom. The summed E-state index contributed by atoms with van der Waals surface area (Å²) in [5.74, 6) is 0.896. The molecule has 0 saturated carbocycles. The molecule has 0 bridgehead atoms. The number of thiophene rings is 1. The SMILES string of the molecule is O=c1c2ccsc2ncn1CC(CS)c1ccccc1. The summed E-state index contributed by atoms with van der Waals surface area (Å²) in [7, 11) is 0. The van der Waals surface area contributed by atoms with Gasteiger partial charge in [0.1, 0.15) is 4.83 Å². The normalized spacial score (nSPS) is 12.7. The predicted octanol–water partition coefficient (Wildman–Crippen LogP) is 3.17. The second-order valence-corrected chi connectivity index (χ2v) is 5.89. The quantitative estimate of drug-likeness (QED) is 0.751. The van der Waals surface area contributed by atoms with E-state index in [1.807, 2.05) is 29.6 Å². The zero-order valence-electron chi connectivity index (χ0n) is 10.8. The molecule has 0 N–H and O–H groups in total. The summed E-state index contributed by atoms with van der Waals surface area (Å²) in [5, 5.41) is 2.60. The van der Waals surface area contributed by atoms with Crippen LogP contribution in [0.25, 0.3) is 10.2 Å². The molecule has 2 aromatic heterocycles. The van der Waals surface area contributed by atoms with Gasteiger partial charge in [-0.3, -0.25) is 9.36 Å². The standard InChI is InChI=1S/C15H14N2OS2/c18-15-13-6-7-20-14(13)16-10-17(15)8-12(9-19)11-4-2-1-3-5-11/h1-7,10,12,19H,8-9H2. The highest BCUT2D eigenvalue weighted by atomic mass is 32.1.